The summed E-state index contributed by atoms with van der Waals surface area (Å²) in [5.41, 5.74) is 2.11. The third kappa shape index (κ3) is 5.81. The van der Waals surface area contributed by atoms with Gasteiger partial charge in [-0.2, -0.15) is 0 Å². The lowest BCUT2D eigenvalue weighted by Gasteiger charge is -2.32. The van der Waals surface area contributed by atoms with Gasteiger partial charge in [-0.15, -0.1) is 0 Å². The van der Waals surface area contributed by atoms with Crippen molar-refractivity contribution in [3.63, 3.8) is 0 Å². The number of anilines is 1. The standard InChI is InChI=1S/C23H28ClN3O2/c1-16(2)25-23(29)19-10-4-6-12-21(19)26-22(28)18-9-7-13-27(15-18)14-17-8-3-5-11-20(17)24/h3-6,8,10-12,16,18H,7,9,13-15H2,1-2H3,(H,25,29)(H,26,28)/t18-/m1/s1. The first-order valence-electron chi connectivity index (χ1n) is 10.1. The van der Waals surface area contributed by atoms with Gasteiger partial charge in [0.05, 0.1) is 17.2 Å². The Morgan fingerprint density at radius 1 is 1.14 bits per heavy atom. The lowest BCUT2D eigenvalue weighted by atomic mass is 9.96. The smallest absolute Gasteiger partial charge is 0.253 e. The maximum absolute atomic E-state index is 12.9. The Kier molecular flexibility index (Phi) is 7.29. The van der Waals surface area contributed by atoms with Crippen LogP contribution in [0.3, 0.4) is 0 Å². The molecule has 154 valence electrons. The van der Waals surface area contributed by atoms with Crippen LogP contribution >= 0.6 is 11.6 Å². The van der Waals surface area contributed by atoms with Crippen LogP contribution in [0.2, 0.25) is 5.02 Å². The van der Waals surface area contributed by atoms with Gasteiger partial charge < -0.3 is 10.6 Å². The molecule has 5 nitrogen and oxygen atoms in total. The first kappa shape index (κ1) is 21.3. The minimum absolute atomic E-state index is 0.0305. The molecule has 1 aliphatic heterocycles. The van der Waals surface area contributed by atoms with Crippen molar-refractivity contribution in [3.05, 3.63) is 64.7 Å². The van der Waals surface area contributed by atoms with Gasteiger partial charge in [-0.25, -0.2) is 0 Å². The third-order valence-electron chi connectivity index (χ3n) is 5.08. The highest BCUT2D eigenvalue weighted by atomic mass is 35.5. The van der Waals surface area contributed by atoms with Crippen molar-refractivity contribution in [2.24, 2.45) is 5.92 Å². The van der Waals surface area contributed by atoms with Gasteiger partial charge in [0.25, 0.3) is 5.91 Å². The van der Waals surface area contributed by atoms with Gasteiger partial charge in [0.2, 0.25) is 5.91 Å². The fraction of sp³-hybridized carbons (Fsp3) is 0.391. The first-order chi connectivity index (χ1) is 13.9. The van der Waals surface area contributed by atoms with Gasteiger partial charge >= 0.3 is 0 Å². The number of amides is 2. The van der Waals surface area contributed by atoms with Gasteiger partial charge in [-0.1, -0.05) is 41.9 Å². The number of benzene rings is 2. The second kappa shape index (κ2) is 9.90. The predicted molar refractivity (Wildman–Crippen MR) is 117 cm³/mol. The molecule has 3 rings (SSSR count). The van der Waals surface area contributed by atoms with E-state index in [-0.39, 0.29) is 23.8 Å². The molecule has 0 bridgehead atoms. The van der Waals surface area contributed by atoms with Crippen LogP contribution in [0.1, 0.15) is 42.6 Å². The Morgan fingerprint density at radius 3 is 2.62 bits per heavy atom. The highest BCUT2D eigenvalue weighted by Crippen LogP contribution is 2.24. The van der Waals surface area contributed by atoms with Crippen LogP contribution in [-0.4, -0.2) is 35.8 Å². The number of hydrogen-bond donors (Lipinski definition) is 2. The van der Waals surface area contributed by atoms with E-state index in [1.54, 1.807) is 18.2 Å². The number of nitrogens with one attached hydrogen (secondary N) is 2. The van der Waals surface area contributed by atoms with Crippen LogP contribution in [0, 0.1) is 5.92 Å². The van der Waals surface area contributed by atoms with Gasteiger partial charge in [-0.3, -0.25) is 14.5 Å². The summed E-state index contributed by atoms with van der Waals surface area (Å²) in [4.78, 5) is 27.6. The molecule has 1 heterocycles. The van der Waals surface area contributed by atoms with E-state index in [0.717, 1.165) is 36.5 Å². The minimum Gasteiger partial charge on any atom is -0.350 e. The van der Waals surface area contributed by atoms with Crippen LogP contribution in [0.25, 0.3) is 0 Å². The van der Waals surface area contributed by atoms with Crippen LogP contribution < -0.4 is 10.6 Å². The maximum Gasteiger partial charge on any atom is 0.253 e. The SMILES string of the molecule is CC(C)NC(=O)c1ccccc1NC(=O)[C@@H]1CCCN(Cc2ccccc2Cl)C1. The number of nitrogens with zero attached hydrogens (tertiary/aromatic N) is 1. The molecule has 2 aromatic rings. The summed E-state index contributed by atoms with van der Waals surface area (Å²) in [6.07, 6.45) is 1.79. The molecule has 1 aliphatic rings. The van der Waals surface area contributed by atoms with Crippen molar-refractivity contribution >= 4 is 29.1 Å². The number of rotatable bonds is 6. The average Bonchev–Trinajstić information content (AvgIpc) is 2.70. The second-order valence-corrected chi connectivity index (χ2v) is 8.24. The third-order valence-corrected chi connectivity index (χ3v) is 5.45. The highest BCUT2D eigenvalue weighted by Gasteiger charge is 2.27. The largest absolute Gasteiger partial charge is 0.350 e. The van der Waals surface area contributed by atoms with E-state index in [4.69, 9.17) is 11.6 Å². The maximum atomic E-state index is 12.9. The molecule has 0 spiro atoms. The summed E-state index contributed by atoms with van der Waals surface area (Å²) in [5.74, 6) is -0.342. The summed E-state index contributed by atoms with van der Waals surface area (Å²) >= 11 is 6.29. The molecule has 1 fully saturated rings. The molecule has 2 N–H and O–H groups in total. The number of carbonyl (C=O) groups excluding carboxylic acids is 2. The molecular weight excluding hydrogens is 386 g/mol. The molecule has 6 heteroatoms. The summed E-state index contributed by atoms with van der Waals surface area (Å²) < 4.78 is 0. The van der Waals surface area contributed by atoms with Crippen molar-refractivity contribution in [1.29, 1.82) is 0 Å². The zero-order valence-corrected chi connectivity index (χ0v) is 17.7. The minimum atomic E-state index is -0.181. The molecule has 2 amide bonds. The molecule has 1 saturated heterocycles. The number of hydrogen-bond acceptors (Lipinski definition) is 3. The van der Waals surface area contributed by atoms with E-state index in [0.29, 0.717) is 17.8 Å². The van der Waals surface area contributed by atoms with E-state index in [1.807, 2.05) is 44.2 Å². The molecule has 1 atom stereocenters. The summed E-state index contributed by atoms with van der Waals surface area (Å²) in [5, 5.41) is 6.61. The summed E-state index contributed by atoms with van der Waals surface area (Å²) in [7, 11) is 0. The number of likely N-dealkylation sites (tertiary alicyclic amines) is 1. The lowest BCUT2D eigenvalue weighted by molar-refractivity contribution is -0.121. The van der Waals surface area contributed by atoms with Crippen molar-refractivity contribution in [2.75, 3.05) is 18.4 Å². The van der Waals surface area contributed by atoms with Gasteiger partial charge in [0.15, 0.2) is 0 Å². The fourth-order valence-electron chi connectivity index (χ4n) is 3.65. The zero-order valence-electron chi connectivity index (χ0n) is 17.0. The molecule has 0 aliphatic carbocycles. The normalized spacial score (nSPS) is 17.2. The summed E-state index contributed by atoms with van der Waals surface area (Å²) in [6, 6.07) is 15.0. The fourth-order valence-corrected chi connectivity index (χ4v) is 3.84. The van der Waals surface area contributed by atoms with Crippen LogP contribution in [0.15, 0.2) is 48.5 Å². The van der Waals surface area contributed by atoms with Crippen molar-refractivity contribution in [2.45, 2.75) is 39.3 Å². The Morgan fingerprint density at radius 2 is 1.86 bits per heavy atom. The van der Waals surface area contributed by atoms with Crippen molar-refractivity contribution in [3.8, 4) is 0 Å². The molecule has 0 radical (unpaired) electrons. The Bertz CT molecular complexity index is 869. The predicted octanol–water partition coefficient (Wildman–Crippen LogP) is 4.33. The molecule has 0 saturated carbocycles. The van der Waals surface area contributed by atoms with Crippen LogP contribution in [0.4, 0.5) is 5.69 Å². The van der Waals surface area contributed by atoms with Gasteiger partial charge in [0.1, 0.15) is 0 Å². The van der Waals surface area contributed by atoms with E-state index < -0.39 is 0 Å². The molecule has 29 heavy (non-hydrogen) atoms. The summed E-state index contributed by atoms with van der Waals surface area (Å²) in [6.45, 7) is 6.18. The first-order valence-corrected chi connectivity index (χ1v) is 10.5. The van der Waals surface area contributed by atoms with Crippen LogP contribution in [-0.2, 0) is 11.3 Å². The lowest BCUT2D eigenvalue weighted by Crippen LogP contribution is -2.40. The quantitative estimate of drug-likeness (QED) is 0.740. The molecule has 2 aromatic carbocycles. The average molecular weight is 414 g/mol. The molecule has 0 unspecified atom stereocenters. The molecular formula is C23H28ClN3O2. The number of piperidine rings is 1. The number of para-hydroxylation sites is 1. The Labute approximate surface area is 177 Å². The van der Waals surface area contributed by atoms with E-state index in [9.17, 15) is 9.59 Å². The van der Waals surface area contributed by atoms with Gasteiger partial charge in [-0.05, 0) is 57.0 Å². The van der Waals surface area contributed by atoms with E-state index >= 15 is 0 Å². The number of halogens is 1. The second-order valence-electron chi connectivity index (χ2n) is 7.83. The van der Waals surface area contributed by atoms with E-state index in [2.05, 4.69) is 15.5 Å². The number of carbonyl (C=O) groups is 2. The molecule has 0 aromatic heterocycles. The zero-order chi connectivity index (χ0) is 20.8. The van der Waals surface area contributed by atoms with Crippen molar-refractivity contribution in [1.82, 2.24) is 10.2 Å². The highest BCUT2D eigenvalue weighted by molar-refractivity contribution is 6.31. The van der Waals surface area contributed by atoms with Crippen LogP contribution in [0.5, 0.6) is 0 Å². The van der Waals surface area contributed by atoms with Gasteiger partial charge in [0, 0.05) is 24.2 Å². The topological polar surface area (TPSA) is 61.4 Å². The van der Waals surface area contributed by atoms with E-state index in [1.165, 1.54) is 0 Å². The Balaban J connectivity index is 1.65. The van der Waals surface area contributed by atoms with Crippen molar-refractivity contribution < 1.29 is 9.59 Å². The Hall–Kier alpha value is -2.37. The monoisotopic (exact) mass is 413 g/mol.